The van der Waals surface area contributed by atoms with E-state index in [1.807, 2.05) is 17.5 Å². The molecule has 148 valence electrons. The van der Waals surface area contributed by atoms with Crippen LogP contribution in [0.2, 0.25) is 0 Å². The van der Waals surface area contributed by atoms with Crippen LogP contribution >= 0.6 is 22.7 Å². The number of halogens is 1. The Morgan fingerprint density at radius 2 is 1.90 bits per heavy atom. The molecule has 2 amide bonds. The van der Waals surface area contributed by atoms with Gasteiger partial charge in [0, 0.05) is 23.5 Å². The SMILES string of the molecule is O=C(c1cccs1)c1ccc(CNC(=O)C2CC(=O)N(c3ccc(F)cc3)C2)s1. The maximum atomic E-state index is 13.1. The summed E-state index contributed by atoms with van der Waals surface area (Å²) in [5, 5.41) is 4.71. The van der Waals surface area contributed by atoms with Gasteiger partial charge in [-0.25, -0.2) is 4.39 Å². The van der Waals surface area contributed by atoms with Crippen molar-refractivity contribution < 1.29 is 18.8 Å². The van der Waals surface area contributed by atoms with Crippen LogP contribution in [0.15, 0.2) is 53.9 Å². The Morgan fingerprint density at radius 3 is 2.62 bits per heavy atom. The van der Waals surface area contributed by atoms with E-state index in [9.17, 15) is 18.8 Å². The number of carbonyl (C=O) groups excluding carboxylic acids is 3. The molecule has 1 fully saturated rings. The first kappa shape index (κ1) is 19.5. The van der Waals surface area contributed by atoms with Gasteiger partial charge in [0.15, 0.2) is 0 Å². The molecule has 0 bridgehead atoms. The Kier molecular flexibility index (Phi) is 5.55. The molecule has 1 atom stereocenters. The topological polar surface area (TPSA) is 66.5 Å². The summed E-state index contributed by atoms with van der Waals surface area (Å²) in [6.07, 6.45) is 0.121. The highest BCUT2D eigenvalue weighted by molar-refractivity contribution is 7.16. The number of nitrogens with one attached hydrogen (secondary N) is 1. The predicted octanol–water partition coefficient (Wildman–Crippen LogP) is 3.85. The summed E-state index contributed by atoms with van der Waals surface area (Å²) in [5.41, 5.74) is 0.585. The second kappa shape index (κ2) is 8.26. The molecule has 4 rings (SSSR count). The van der Waals surface area contributed by atoms with Gasteiger partial charge in [-0.15, -0.1) is 22.7 Å². The summed E-state index contributed by atoms with van der Waals surface area (Å²) in [5.74, 6) is -1.21. The second-order valence-electron chi connectivity index (χ2n) is 6.67. The fraction of sp³-hybridized carbons (Fsp3) is 0.190. The molecule has 1 N–H and O–H groups in total. The Hall–Kier alpha value is -2.84. The number of rotatable bonds is 6. The van der Waals surface area contributed by atoms with Gasteiger partial charge in [0.1, 0.15) is 5.82 Å². The van der Waals surface area contributed by atoms with Gasteiger partial charge in [-0.2, -0.15) is 0 Å². The molecule has 3 aromatic rings. The zero-order chi connectivity index (χ0) is 20.4. The second-order valence-corrected chi connectivity index (χ2v) is 8.79. The van der Waals surface area contributed by atoms with Gasteiger partial charge >= 0.3 is 0 Å². The molecule has 2 aromatic heterocycles. The van der Waals surface area contributed by atoms with Crippen LogP contribution in [0, 0.1) is 11.7 Å². The van der Waals surface area contributed by atoms with Crippen molar-refractivity contribution in [2.24, 2.45) is 5.92 Å². The van der Waals surface area contributed by atoms with Crippen molar-refractivity contribution in [2.75, 3.05) is 11.4 Å². The summed E-state index contributed by atoms with van der Waals surface area (Å²) < 4.78 is 13.1. The first-order valence-corrected chi connectivity index (χ1v) is 10.7. The molecule has 0 saturated carbocycles. The van der Waals surface area contributed by atoms with Crippen LogP contribution in [0.5, 0.6) is 0 Å². The monoisotopic (exact) mass is 428 g/mol. The lowest BCUT2D eigenvalue weighted by Crippen LogP contribution is -2.32. The van der Waals surface area contributed by atoms with Crippen molar-refractivity contribution in [1.29, 1.82) is 0 Å². The predicted molar refractivity (Wildman–Crippen MR) is 111 cm³/mol. The molecule has 1 saturated heterocycles. The minimum atomic E-state index is -0.459. The van der Waals surface area contributed by atoms with E-state index < -0.39 is 5.92 Å². The number of amides is 2. The molecular weight excluding hydrogens is 411 g/mol. The van der Waals surface area contributed by atoms with Crippen LogP contribution in [-0.2, 0) is 16.1 Å². The summed E-state index contributed by atoms with van der Waals surface area (Å²) >= 11 is 2.75. The van der Waals surface area contributed by atoms with Crippen molar-refractivity contribution in [3.8, 4) is 0 Å². The highest BCUT2D eigenvalue weighted by Crippen LogP contribution is 2.26. The van der Waals surface area contributed by atoms with E-state index in [2.05, 4.69) is 5.32 Å². The van der Waals surface area contributed by atoms with Crippen LogP contribution in [0.25, 0.3) is 0 Å². The number of nitrogens with zero attached hydrogens (tertiary/aromatic N) is 1. The van der Waals surface area contributed by atoms with E-state index in [4.69, 9.17) is 0 Å². The van der Waals surface area contributed by atoms with Crippen molar-refractivity contribution in [3.63, 3.8) is 0 Å². The summed E-state index contributed by atoms with van der Waals surface area (Å²) in [7, 11) is 0. The van der Waals surface area contributed by atoms with Crippen LogP contribution < -0.4 is 10.2 Å². The lowest BCUT2D eigenvalue weighted by molar-refractivity contribution is -0.126. The fourth-order valence-electron chi connectivity index (χ4n) is 3.20. The van der Waals surface area contributed by atoms with Crippen molar-refractivity contribution in [1.82, 2.24) is 5.32 Å². The molecule has 1 aromatic carbocycles. The van der Waals surface area contributed by atoms with E-state index in [1.54, 1.807) is 12.1 Å². The Labute approximate surface area is 174 Å². The van der Waals surface area contributed by atoms with Crippen LogP contribution in [0.4, 0.5) is 10.1 Å². The largest absolute Gasteiger partial charge is 0.351 e. The van der Waals surface area contributed by atoms with Crippen LogP contribution in [0.3, 0.4) is 0 Å². The lowest BCUT2D eigenvalue weighted by Gasteiger charge is -2.16. The minimum Gasteiger partial charge on any atom is -0.351 e. The van der Waals surface area contributed by atoms with Gasteiger partial charge in [-0.3, -0.25) is 14.4 Å². The maximum Gasteiger partial charge on any atom is 0.227 e. The molecule has 5 nitrogen and oxygen atoms in total. The first-order chi connectivity index (χ1) is 14.0. The Morgan fingerprint density at radius 1 is 1.10 bits per heavy atom. The van der Waals surface area contributed by atoms with E-state index >= 15 is 0 Å². The van der Waals surface area contributed by atoms with Crippen molar-refractivity contribution in [3.05, 3.63) is 74.4 Å². The number of hydrogen-bond acceptors (Lipinski definition) is 5. The summed E-state index contributed by atoms with van der Waals surface area (Å²) in [6.45, 7) is 0.575. The molecule has 3 heterocycles. The smallest absolute Gasteiger partial charge is 0.227 e. The first-order valence-electron chi connectivity index (χ1n) is 9.02. The third-order valence-electron chi connectivity index (χ3n) is 4.70. The number of thiophene rings is 2. The van der Waals surface area contributed by atoms with Crippen molar-refractivity contribution in [2.45, 2.75) is 13.0 Å². The minimum absolute atomic E-state index is 0.0149. The van der Waals surface area contributed by atoms with E-state index in [1.165, 1.54) is 51.8 Å². The number of carbonyl (C=O) groups is 3. The molecule has 29 heavy (non-hydrogen) atoms. The van der Waals surface area contributed by atoms with Crippen molar-refractivity contribution >= 4 is 46.0 Å². The summed E-state index contributed by atoms with van der Waals surface area (Å²) in [4.78, 5) is 40.8. The average Bonchev–Trinajstić information content (AvgIpc) is 3.47. The zero-order valence-corrected chi connectivity index (χ0v) is 16.9. The molecule has 0 aliphatic carbocycles. The molecule has 0 radical (unpaired) electrons. The molecule has 1 aliphatic rings. The molecule has 8 heteroatoms. The quantitative estimate of drug-likeness (QED) is 0.607. The van der Waals surface area contributed by atoms with Crippen LogP contribution in [0.1, 0.15) is 25.8 Å². The molecule has 1 unspecified atom stereocenters. The molecule has 1 aliphatic heterocycles. The Balaban J connectivity index is 1.34. The average molecular weight is 429 g/mol. The zero-order valence-electron chi connectivity index (χ0n) is 15.3. The number of anilines is 1. The lowest BCUT2D eigenvalue weighted by atomic mass is 10.1. The molecular formula is C21H17FN2O3S2. The third kappa shape index (κ3) is 4.28. The van der Waals surface area contributed by atoms with E-state index in [0.29, 0.717) is 22.0 Å². The van der Waals surface area contributed by atoms with Gasteiger partial charge in [0.25, 0.3) is 0 Å². The van der Waals surface area contributed by atoms with Gasteiger partial charge < -0.3 is 10.2 Å². The maximum absolute atomic E-state index is 13.1. The number of hydrogen-bond donors (Lipinski definition) is 1. The highest BCUT2D eigenvalue weighted by Gasteiger charge is 2.35. The van der Waals surface area contributed by atoms with Gasteiger partial charge in [-0.1, -0.05) is 6.07 Å². The highest BCUT2D eigenvalue weighted by atomic mass is 32.1. The van der Waals surface area contributed by atoms with Gasteiger partial charge in [-0.05, 0) is 47.8 Å². The normalized spacial score (nSPS) is 16.2. The number of ketones is 1. The molecule has 0 spiro atoms. The Bertz CT molecular complexity index is 1040. The van der Waals surface area contributed by atoms with Gasteiger partial charge in [0.2, 0.25) is 17.6 Å². The van der Waals surface area contributed by atoms with E-state index in [-0.39, 0.29) is 36.4 Å². The third-order valence-corrected chi connectivity index (χ3v) is 6.65. The summed E-state index contributed by atoms with van der Waals surface area (Å²) in [6, 6.07) is 12.9. The fourth-order valence-corrected chi connectivity index (χ4v) is 4.84. The van der Waals surface area contributed by atoms with E-state index in [0.717, 1.165) is 4.88 Å². The standard InChI is InChI=1S/C21H17FN2O3S2/c22-14-3-5-15(6-4-14)24-12-13(10-19(24)25)21(27)23-11-16-7-8-18(29-16)20(26)17-2-1-9-28-17/h1-9,13H,10-12H2,(H,23,27). The van der Waals surface area contributed by atoms with Crippen LogP contribution in [-0.4, -0.2) is 24.1 Å². The van der Waals surface area contributed by atoms with Gasteiger partial charge in [0.05, 0.1) is 22.2 Å². The number of benzene rings is 1.